The van der Waals surface area contributed by atoms with Crippen LogP contribution in [0.2, 0.25) is 5.02 Å². The molecule has 2 aliphatic heterocycles. The Balaban J connectivity index is 1.60. The number of hydrogen-bond donors (Lipinski definition) is 4. The van der Waals surface area contributed by atoms with Crippen molar-refractivity contribution in [2.45, 2.75) is 91.4 Å². The van der Waals surface area contributed by atoms with Crippen molar-refractivity contribution >= 4 is 35.3 Å². The molecule has 0 aliphatic carbocycles. The Bertz CT molecular complexity index is 1490. The molecule has 0 aromatic heterocycles. The van der Waals surface area contributed by atoms with Crippen LogP contribution in [-0.4, -0.2) is 59.6 Å². The topological polar surface area (TPSA) is 146 Å². The number of nitrogens with one attached hydrogen (secondary N) is 3. The van der Waals surface area contributed by atoms with E-state index in [1.54, 1.807) is 26.0 Å². The maximum atomic E-state index is 13.6. The number of carbonyl (C=O) groups excluding carboxylic acids is 4. The second-order valence-electron chi connectivity index (χ2n) is 13.5. The van der Waals surface area contributed by atoms with Crippen molar-refractivity contribution in [3.8, 4) is 0 Å². The van der Waals surface area contributed by atoms with Crippen LogP contribution in [0.15, 0.2) is 54.6 Å². The Morgan fingerprint density at radius 1 is 1.00 bits per heavy atom. The van der Waals surface area contributed by atoms with Gasteiger partial charge in [0, 0.05) is 30.3 Å². The molecule has 2 unspecified atom stereocenters. The zero-order valence-electron chi connectivity index (χ0n) is 27.8. The molecule has 3 amide bonds. The third-order valence-electron chi connectivity index (χ3n) is 8.86. The maximum absolute atomic E-state index is 13.6. The fraction of sp³-hybridized carbons (Fsp3) is 0.500. The molecule has 0 spiro atoms. The third-order valence-corrected chi connectivity index (χ3v) is 9.27. The van der Waals surface area contributed by atoms with Crippen LogP contribution < -0.4 is 16.0 Å². The average molecular weight is 668 g/mol. The first-order chi connectivity index (χ1) is 22.2. The Morgan fingerprint density at radius 2 is 1.68 bits per heavy atom. The van der Waals surface area contributed by atoms with Crippen molar-refractivity contribution < 1.29 is 33.8 Å². The molecule has 10 nitrogen and oxygen atoms in total. The minimum Gasteiger partial charge on any atom is -0.460 e. The molecule has 4 N–H and O–H groups in total. The highest BCUT2D eigenvalue weighted by Gasteiger charge is 2.48. The monoisotopic (exact) mass is 667 g/mol. The Kier molecular flexibility index (Phi) is 11.9. The van der Waals surface area contributed by atoms with Gasteiger partial charge in [0.25, 0.3) is 0 Å². The number of esters is 1. The quantitative estimate of drug-likeness (QED) is 0.257. The van der Waals surface area contributed by atoms with E-state index in [9.17, 15) is 24.3 Å². The molecule has 0 radical (unpaired) electrons. The standard InChI is InChI=1S/C36H46ClN3O7/c1-20(2)30-34(44)46-28(22(4)31-32(47-31)25-14-12-23(18-41)13-15-25)8-7-9-29(42)39-27(17-24-11-10-21(3)26(37)16-24)33(43)38-19-36(5,6)35(45)40-30/h7,9-16,20,22,27-28,30-32,41H,8,17-19H2,1-6H3,(H,38,43)(H,39,42)(H,40,45)/b9-7+/t22-,27+,28-,30-,31?,32?/m0/s1. The van der Waals surface area contributed by atoms with Crippen molar-refractivity contribution in [1.82, 2.24) is 16.0 Å². The lowest BCUT2D eigenvalue weighted by molar-refractivity contribution is -0.157. The van der Waals surface area contributed by atoms with Gasteiger partial charge in [0.15, 0.2) is 0 Å². The van der Waals surface area contributed by atoms with Crippen molar-refractivity contribution in [3.63, 3.8) is 0 Å². The number of aryl methyl sites for hydroxylation is 1. The number of aliphatic hydroxyl groups excluding tert-OH is 1. The number of halogens is 1. The van der Waals surface area contributed by atoms with E-state index in [1.165, 1.54) is 6.08 Å². The molecule has 2 aromatic carbocycles. The number of cyclic esters (lactones) is 1. The van der Waals surface area contributed by atoms with E-state index < -0.39 is 47.3 Å². The van der Waals surface area contributed by atoms with Gasteiger partial charge in [-0.2, -0.15) is 0 Å². The second kappa shape index (κ2) is 15.4. The molecular formula is C36H46ClN3O7. The van der Waals surface area contributed by atoms with Crippen LogP contribution in [0.4, 0.5) is 0 Å². The smallest absolute Gasteiger partial charge is 0.329 e. The highest BCUT2D eigenvalue weighted by molar-refractivity contribution is 6.31. The number of aliphatic hydroxyl groups is 1. The fourth-order valence-corrected chi connectivity index (χ4v) is 5.70. The first kappa shape index (κ1) is 36.1. The van der Waals surface area contributed by atoms with Gasteiger partial charge in [-0.05, 0) is 61.1 Å². The molecular weight excluding hydrogens is 622 g/mol. The first-order valence-electron chi connectivity index (χ1n) is 16.1. The summed E-state index contributed by atoms with van der Waals surface area (Å²) in [5, 5.41) is 18.4. The summed E-state index contributed by atoms with van der Waals surface area (Å²) in [5.74, 6) is -2.50. The number of benzene rings is 2. The van der Waals surface area contributed by atoms with Gasteiger partial charge in [-0.15, -0.1) is 0 Å². The molecule has 11 heteroatoms. The van der Waals surface area contributed by atoms with Crippen LogP contribution in [0.25, 0.3) is 0 Å². The fourth-order valence-electron chi connectivity index (χ4n) is 5.49. The zero-order chi connectivity index (χ0) is 34.5. The zero-order valence-corrected chi connectivity index (χ0v) is 28.6. The van der Waals surface area contributed by atoms with Gasteiger partial charge in [0.05, 0.1) is 18.1 Å². The Morgan fingerprint density at radius 3 is 2.32 bits per heavy atom. The number of ether oxygens (including phenoxy) is 2. The summed E-state index contributed by atoms with van der Waals surface area (Å²) >= 11 is 6.33. The summed E-state index contributed by atoms with van der Waals surface area (Å²) in [5.41, 5.74) is 2.31. The lowest BCUT2D eigenvalue weighted by Gasteiger charge is -2.31. The molecule has 2 heterocycles. The number of amides is 3. The number of epoxide rings is 1. The van der Waals surface area contributed by atoms with Gasteiger partial charge in [-0.1, -0.05) is 74.8 Å². The molecule has 4 rings (SSSR count). The van der Waals surface area contributed by atoms with Crippen LogP contribution in [0.5, 0.6) is 0 Å². The lowest BCUT2D eigenvalue weighted by atomic mass is 9.90. The lowest BCUT2D eigenvalue weighted by Crippen LogP contribution is -2.55. The maximum Gasteiger partial charge on any atom is 0.329 e. The van der Waals surface area contributed by atoms with E-state index in [4.69, 9.17) is 21.1 Å². The van der Waals surface area contributed by atoms with E-state index in [0.29, 0.717) is 5.02 Å². The largest absolute Gasteiger partial charge is 0.460 e. The van der Waals surface area contributed by atoms with Crippen molar-refractivity contribution in [2.75, 3.05) is 6.54 Å². The highest BCUT2D eigenvalue weighted by atomic mass is 35.5. The highest BCUT2D eigenvalue weighted by Crippen LogP contribution is 2.45. The SMILES string of the molecule is Cc1ccc(C[C@H]2NC(=O)/C=C/C[C@@H]([C@H](C)C3OC3c3ccc(CO)cc3)OC(=O)[C@H](C(C)C)NC(=O)C(C)(C)CNC2=O)cc1Cl. The van der Waals surface area contributed by atoms with Gasteiger partial charge >= 0.3 is 5.97 Å². The van der Waals surface area contributed by atoms with Crippen LogP contribution >= 0.6 is 11.6 Å². The van der Waals surface area contributed by atoms with Gasteiger partial charge in [-0.25, -0.2) is 4.79 Å². The van der Waals surface area contributed by atoms with Gasteiger partial charge < -0.3 is 30.5 Å². The van der Waals surface area contributed by atoms with Crippen LogP contribution in [0, 0.1) is 24.2 Å². The Hall–Kier alpha value is -3.73. The number of hydrogen-bond acceptors (Lipinski definition) is 7. The van der Waals surface area contributed by atoms with E-state index in [0.717, 1.165) is 22.3 Å². The van der Waals surface area contributed by atoms with Gasteiger partial charge in [0.1, 0.15) is 24.3 Å². The second-order valence-corrected chi connectivity index (χ2v) is 13.9. The van der Waals surface area contributed by atoms with E-state index in [1.807, 2.05) is 64.1 Å². The minimum atomic E-state index is -1.09. The summed E-state index contributed by atoms with van der Waals surface area (Å²) in [6.07, 6.45) is 2.21. The van der Waals surface area contributed by atoms with Crippen LogP contribution in [0.1, 0.15) is 69.4 Å². The number of rotatable bonds is 7. The van der Waals surface area contributed by atoms with Crippen molar-refractivity contribution in [2.24, 2.45) is 17.3 Å². The predicted molar refractivity (Wildman–Crippen MR) is 178 cm³/mol. The van der Waals surface area contributed by atoms with E-state index >= 15 is 0 Å². The molecule has 47 heavy (non-hydrogen) atoms. The van der Waals surface area contributed by atoms with Gasteiger partial charge in [0.2, 0.25) is 17.7 Å². The molecule has 254 valence electrons. The van der Waals surface area contributed by atoms with Crippen molar-refractivity contribution in [1.29, 1.82) is 0 Å². The number of carbonyl (C=O) groups is 4. The summed E-state index contributed by atoms with van der Waals surface area (Å²) in [6, 6.07) is 11.1. The van der Waals surface area contributed by atoms with Crippen LogP contribution in [-0.2, 0) is 41.7 Å². The summed E-state index contributed by atoms with van der Waals surface area (Å²) in [7, 11) is 0. The average Bonchev–Trinajstić information content (AvgIpc) is 3.83. The third kappa shape index (κ3) is 9.43. The summed E-state index contributed by atoms with van der Waals surface area (Å²) < 4.78 is 12.1. The first-order valence-corrected chi connectivity index (χ1v) is 16.4. The predicted octanol–water partition coefficient (Wildman–Crippen LogP) is 4.10. The normalized spacial score (nSPS) is 26.9. The minimum absolute atomic E-state index is 0.0340. The Labute approximate surface area is 281 Å². The van der Waals surface area contributed by atoms with Crippen molar-refractivity contribution in [3.05, 3.63) is 81.9 Å². The molecule has 6 atom stereocenters. The molecule has 0 saturated carbocycles. The summed E-state index contributed by atoms with van der Waals surface area (Å²) in [6.45, 7) is 10.7. The van der Waals surface area contributed by atoms with Gasteiger partial charge in [-0.3, -0.25) is 14.4 Å². The van der Waals surface area contributed by atoms with E-state index in [-0.39, 0.29) is 50.0 Å². The summed E-state index contributed by atoms with van der Waals surface area (Å²) in [4.78, 5) is 53.6. The molecule has 1 saturated heterocycles. The molecule has 2 aromatic rings. The molecule has 0 bridgehead atoms. The molecule has 2 aliphatic rings. The van der Waals surface area contributed by atoms with Crippen LogP contribution in [0.3, 0.4) is 0 Å². The van der Waals surface area contributed by atoms with E-state index in [2.05, 4.69) is 16.0 Å². The molecule has 1 fully saturated rings.